The highest BCUT2D eigenvalue weighted by Crippen LogP contribution is 2.11. The highest BCUT2D eigenvalue weighted by Gasteiger charge is 2.09. The summed E-state index contributed by atoms with van der Waals surface area (Å²) in [4.78, 5) is 21.0. The molecule has 1 N–H and O–H groups in total. The summed E-state index contributed by atoms with van der Waals surface area (Å²) in [7, 11) is 0. The van der Waals surface area contributed by atoms with Gasteiger partial charge in [0.15, 0.2) is 0 Å². The summed E-state index contributed by atoms with van der Waals surface area (Å²) >= 11 is 0. The van der Waals surface area contributed by atoms with Crippen molar-refractivity contribution < 1.29 is 13.9 Å². The first-order chi connectivity index (χ1) is 13.8. The van der Waals surface area contributed by atoms with Crippen LogP contribution in [0.5, 0.6) is 0 Å². The molecule has 1 amide bonds. The van der Waals surface area contributed by atoms with Gasteiger partial charge in [-0.25, -0.2) is 4.98 Å². The largest absolute Gasteiger partial charge is 0.467 e. The Labute approximate surface area is 162 Å². The van der Waals surface area contributed by atoms with E-state index in [0.29, 0.717) is 31.0 Å². The second kappa shape index (κ2) is 8.45. The summed E-state index contributed by atoms with van der Waals surface area (Å²) in [6.45, 7) is 1.30. The maximum atomic E-state index is 12.4. The molecule has 0 radical (unpaired) electrons. The zero-order valence-electron chi connectivity index (χ0n) is 15.2. The third kappa shape index (κ3) is 4.42. The van der Waals surface area contributed by atoms with Crippen molar-refractivity contribution in [3.63, 3.8) is 0 Å². The lowest BCUT2D eigenvalue weighted by Gasteiger charge is -2.08. The number of carbonyl (C=O) groups excluding carboxylic acids is 1. The molecular weight excluding hydrogens is 354 g/mol. The van der Waals surface area contributed by atoms with E-state index in [0.717, 1.165) is 22.4 Å². The molecule has 0 saturated heterocycles. The zero-order valence-corrected chi connectivity index (χ0v) is 15.2. The van der Waals surface area contributed by atoms with Crippen LogP contribution in [0.1, 0.15) is 27.4 Å². The number of rotatable bonds is 7. The van der Waals surface area contributed by atoms with Crippen molar-refractivity contribution in [2.24, 2.45) is 0 Å². The monoisotopic (exact) mass is 373 g/mol. The molecule has 6 nitrogen and oxygen atoms in total. The number of benzene rings is 2. The summed E-state index contributed by atoms with van der Waals surface area (Å²) < 4.78 is 10.9. The number of para-hydroxylation sites is 2. The van der Waals surface area contributed by atoms with Crippen LogP contribution in [0, 0.1) is 0 Å². The van der Waals surface area contributed by atoms with E-state index < -0.39 is 0 Å². The quantitative estimate of drug-likeness (QED) is 0.532. The van der Waals surface area contributed by atoms with E-state index >= 15 is 0 Å². The first-order valence-electron chi connectivity index (χ1n) is 8.96. The lowest BCUT2D eigenvalue weighted by atomic mass is 10.1. The van der Waals surface area contributed by atoms with Gasteiger partial charge in [0.1, 0.15) is 18.1 Å². The molecule has 28 heavy (non-hydrogen) atoms. The van der Waals surface area contributed by atoms with Crippen LogP contribution >= 0.6 is 0 Å². The summed E-state index contributed by atoms with van der Waals surface area (Å²) in [6.07, 6.45) is 3.12. The number of fused-ring (bicyclic) bond motifs is 1. The van der Waals surface area contributed by atoms with Crippen molar-refractivity contribution in [3.8, 4) is 0 Å². The molecule has 6 heteroatoms. The molecule has 0 bridgehead atoms. The SMILES string of the molecule is O=C(NCc1cccc(COCc2ccco2)c1)c1cnc2ccccc2n1. The molecule has 0 aliphatic heterocycles. The highest BCUT2D eigenvalue weighted by atomic mass is 16.5. The number of aromatic nitrogens is 2. The summed E-state index contributed by atoms with van der Waals surface area (Å²) in [6, 6.07) is 19.1. The average molecular weight is 373 g/mol. The van der Waals surface area contributed by atoms with Gasteiger partial charge in [-0.05, 0) is 35.4 Å². The third-order valence-electron chi connectivity index (χ3n) is 4.22. The average Bonchev–Trinajstić information content (AvgIpc) is 3.25. The second-order valence-corrected chi connectivity index (χ2v) is 6.32. The molecule has 4 rings (SSSR count). The topological polar surface area (TPSA) is 77.2 Å². The van der Waals surface area contributed by atoms with E-state index in [-0.39, 0.29) is 5.91 Å². The molecule has 2 aromatic heterocycles. The molecule has 0 unspecified atom stereocenters. The molecule has 0 aliphatic carbocycles. The number of hydrogen-bond acceptors (Lipinski definition) is 5. The minimum absolute atomic E-state index is 0.252. The number of nitrogens with one attached hydrogen (secondary N) is 1. The van der Waals surface area contributed by atoms with Crippen LogP contribution in [0.4, 0.5) is 0 Å². The van der Waals surface area contributed by atoms with Crippen LogP contribution in [0.25, 0.3) is 11.0 Å². The predicted octanol–water partition coefficient (Wildman–Crippen LogP) is 3.87. The standard InChI is InChI=1S/C22H19N3O3/c26-22(21-13-23-19-8-1-2-9-20(19)25-21)24-12-16-5-3-6-17(11-16)14-27-15-18-7-4-10-28-18/h1-11,13H,12,14-15H2,(H,24,26). The van der Waals surface area contributed by atoms with Gasteiger partial charge in [0.2, 0.25) is 0 Å². The second-order valence-electron chi connectivity index (χ2n) is 6.32. The number of furan rings is 1. The smallest absolute Gasteiger partial charge is 0.271 e. The van der Waals surface area contributed by atoms with E-state index in [2.05, 4.69) is 15.3 Å². The molecule has 0 fully saturated rings. The lowest BCUT2D eigenvalue weighted by Crippen LogP contribution is -2.24. The first kappa shape index (κ1) is 17.9. The predicted molar refractivity (Wildman–Crippen MR) is 104 cm³/mol. The molecule has 0 aliphatic rings. The minimum atomic E-state index is -0.252. The van der Waals surface area contributed by atoms with E-state index in [1.54, 1.807) is 6.26 Å². The fourth-order valence-corrected chi connectivity index (χ4v) is 2.83. The maximum absolute atomic E-state index is 12.4. The number of nitrogens with zero attached hydrogens (tertiary/aromatic N) is 2. The van der Waals surface area contributed by atoms with E-state index in [1.165, 1.54) is 6.20 Å². The van der Waals surface area contributed by atoms with E-state index in [4.69, 9.17) is 9.15 Å². The van der Waals surface area contributed by atoms with Gasteiger partial charge in [0.05, 0.1) is 30.1 Å². The summed E-state index contributed by atoms with van der Waals surface area (Å²) in [5.41, 5.74) is 3.79. The Hall–Kier alpha value is -3.51. The molecule has 0 saturated carbocycles. The maximum Gasteiger partial charge on any atom is 0.271 e. The van der Waals surface area contributed by atoms with Gasteiger partial charge in [-0.2, -0.15) is 0 Å². The van der Waals surface area contributed by atoms with E-state index in [1.807, 2.05) is 60.7 Å². The Bertz CT molecular complexity index is 1080. The Morgan fingerprint density at radius 2 is 1.82 bits per heavy atom. The minimum Gasteiger partial charge on any atom is -0.467 e. The lowest BCUT2D eigenvalue weighted by molar-refractivity contribution is 0.0928. The van der Waals surface area contributed by atoms with Crippen molar-refractivity contribution in [3.05, 3.63) is 95.7 Å². The van der Waals surface area contributed by atoms with Gasteiger partial charge in [0.25, 0.3) is 5.91 Å². The summed E-state index contributed by atoms with van der Waals surface area (Å²) in [5.74, 6) is 0.539. The Morgan fingerprint density at radius 1 is 0.964 bits per heavy atom. The summed E-state index contributed by atoms with van der Waals surface area (Å²) in [5, 5.41) is 2.89. The highest BCUT2D eigenvalue weighted by molar-refractivity contribution is 5.93. The number of carbonyl (C=O) groups is 1. The van der Waals surface area contributed by atoms with Gasteiger partial charge >= 0.3 is 0 Å². The molecule has 140 valence electrons. The molecule has 4 aromatic rings. The fraction of sp³-hybridized carbons (Fsp3) is 0.136. The third-order valence-corrected chi connectivity index (χ3v) is 4.22. The normalized spacial score (nSPS) is 10.9. The van der Waals surface area contributed by atoms with Crippen LogP contribution in [0.3, 0.4) is 0 Å². The van der Waals surface area contributed by atoms with E-state index in [9.17, 15) is 4.79 Å². The van der Waals surface area contributed by atoms with Crippen molar-refractivity contribution in [1.29, 1.82) is 0 Å². The van der Waals surface area contributed by atoms with Gasteiger partial charge < -0.3 is 14.5 Å². The zero-order chi connectivity index (χ0) is 19.2. The van der Waals surface area contributed by atoms with Gasteiger partial charge in [-0.15, -0.1) is 0 Å². The van der Waals surface area contributed by atoms with Crippen LogP contribution in [-0.4, -0.2) is 15.9 Å². The number of amides is 1. The van der Waals surface area contributed by atoms with Crippen molar-refractivity contribution in [1.82, 2.24) is 15.3 Å². The van der Waals surface area contributed by atoms with Crippen LogP contribution in [0.2, 0.25) is 0 Å². The Balaban J connectivity index is 1.34. The van der Waals surface area contributed by atoms with Gasteiger partial charge in [-0.1, -0.05) is 36.4 Å². The molecular formula is C22H19N3O3. The Kier molecular flexibility index (Phi) is 5.40. The fourth-order valence-electron chi connectivity index (χ4n) is 2.83. The van der Waals surface area contributed by atoms with Crippen molar-refractivity contribution in [2.45, 2.75) is 19.8 Å². The van der Waals surface area contributed by atoms with Gasteiger partial charge in [-0.3, -0.25) is 9.78 Å². The van der Waals surface area contributed by atoms with Crippen LogP contribution in [0.15, 0.2) is 77.5 Å². The molecule has 2 heterocycles. The molecule has 0 spiro atoms. The van der Waals surface area contributed by atoms with Crippen molar-refractivity contribution in [2.75, 3.05) is 0 Å². The van der Waals surface area contributed by atoms with Crippen LogP contribution in [-0.2, 0) is 24.5 Å². The van der Waals surface area contributed by atoms with Gasteiger partial charge in [0, 0.05) is 6.54 Å². The first-order valence-corrected chi connectivity index (χ1v) is 8.96. The van der Waals surface area contributed by atoms with Crippen molar-refractivity contribution >= 4 is 16.9 Å². The Morgan fingerprint density at radius 3 is 2.68 bits per heavy atom. The number of hydrogen-bond donors (Lipinski definition) is 1. The molecule has 0 atom stereocenters. The van der Waals surface area contributed by atoms with Crippen LogP contribution < -0.4 is 5.32 Å². The molecule has 2 aromatic carbocycles. The number of ether oxygens (including phenoxy) is 1.